The maximum absolute atomic E-state index is 12.8. The van der Waals surface area contributed by atoms with E-state index in [0.717, 1.165) is 6.42 Å². The molecule has 14 nitrogen and oxygen atoms in total. The second kappa shape index (κ2) is 25.7. The SMILES string of the molecule is CSC1CC(=O)N(CCC(=O)NCCC(C)(C)OCC[C-](C)C)C1=O.[CH2-]C(=O)C(C)(C)NC(CCCCNC(=O)CCC(=O)O)C(=O)C(C)(C)OC.[Mo+2]. The van der Waals surface area contributed by atoms with E-state index in [0.29, 0.717) is 45.4 Å². The minimum atomic E-state index is -1.01. The number of carbonyl (C=O) groups is 7. The van der Waals surface area contributed by atoms with E-state index in [-0.39, 0.29) is 99.3 Å². The fraction of sp³-hybridized carbons (Fsp3) is 0.757. The number of aliphatic carboxylic acids is 1. The summed E-state index contributed by atoms with van der Waals surface area (Å²) in [5.41, 5.74) is -2.24. The number of hydrogen-bond donors (Lipinski definition) is 4. The number of imide groups is 1. The molecule has 0 aromatic heterocycles. The maximum Gasteiger partial charge on any atom is 2.00 e. The van der Waals surface area contributed by atoms with Gasteiger partial charge in [0.05, 0.1) is 23.3 Å². The van der Waals surface area contributed by atoms with E-state index < -0.39 is 23.2 Å². The topological polar surface area (TPSA) is 198 Å². The normalized spacial score (nSPS) is 15.3. The first-order chi connectivity index (χ1) is 24.0. The van der Waals surface area contributed by atoms with Crippen LogP contribution in [-0.4, -0.2) is 119 Å². The Morgan fingerprint density at radius 1 is 0.981 bits per heavy atom. The van der Waals surface area contributed by atoms with Gasteiger partial charge in [-0.3, -0.25) is 39.0 Å². The molecule has 0 aromatic carbocycles. The first kappa shape index (κ1) is 52.8. The number of nitrogens with zero attached hydrogens (tertiary/aromatic N) is 1. The average molecular weight is 853 g/mol. The van der Waals surface area contributed by atoms with Crippen LogP contribution in [0.2, 0.25) is 0 Å². The molecule has 0 aromatic rings. The molecule has 1 heterocycles. The number of Topliss-reactive ketones (excluding diaryl/α,β-unsaturated/α-hetero) is 2. The van der Waals surface area contributed by atoms with Gasteiger partial charge in [-0.1, -0.05) is 0 Å². The van der Waals surface area contributed by atoms with E-state index in [1.807, 2.05) is 20.1 Å². The molecule has 0 spiro atoms. The van der Waals surface area contributed by atoms with Gasteiger partial charge in [-0.05, 0) is 73.5 Å². The van der Waals surface area contributed by atoms with Crippen molar-refractivity contribution in [1.29, 1.82) is 0 Å². The summed E-state index contributed by atoms with van der Waals surface area (Å²) >= 11 is 1.38. The number of unbranched alkanes of at least 4 members (excludes halogenated alkanes) is 1. The van der Waals surface area contributed by atoms with Crippen LogP contribution in [0, 0.1) is 12.8 Å². The molecule has 2 atom stereocenters. The van der Waals surface area contributed by atoms with E-state index in [9.17, 15) is 33.6 Å². The molecule has 2 unspecified atom stereocenters. The second-order valence-electron chi connectivity index (χ2n) is 14.8. The van der Waals surface area contributed by atoms with Crippen LogP contribution in [0.25, 0.3) is 0 Å². The molecule has 16 heteroatoms. The molecule has 1 aliphatic rings. The standard InChI is InChI=1S/C19H33N2O6.C18H31N2O4S.Mo/c1-13(22)18(2,3)21-14(17(26)19(4,5)27-6)9-7-8-12-20-15(23)10-11-16(24)25;1-13(2)7-11-24-18(3,4)8-9-19-15(21)6-10-20-16(22)12-14(25-5)17(20)23;/h14,21H,1,7-12H2,2-6H3,(H,20,23)(H,24,25);14H,6-12H2,1-5H3,(H,19,21);/q2*-1;+2. The molecular weight excluding hydrogens is 788 g/mol. The van der Waals surface area contributed by atoms with E-state index in [2.05, 4.69) is 36.7 Å². The van der Waals surface area contributed by atoms with Gasteiger partial charge in [-0.15, -0.1) is 0 Å². The van der Waals surface area contributed by atoms with Crippen molar-refractivity contribution in [3.63, 3.8) is 0 Å². The zero-order valence-corrected chi connectivity index (χ0v) is 36.3. The number of hydrogen-bond acceptors (Lipinski definition) is 11. The Bertz CT molecular complexity index is 1210. The Kier molecular flexibility index (Phi) is 25.6. The Morgan fingerprint density at radius 3 is 2.08 bits per heavy atom. The molecular formula is C37H64MoN4O10S. The quantitative estimate of drug-likeness (QED) is 0.0453. The average Bonchev–Trinajstić information content (AvgIpc) is 3.32. The number of carboxylic acids is 1. The largest absolute Gasteiger partial charge is 2.00 e. The van der Waals surface area contributed by atoms with Crippen LogP contribution < -0.4 is 16.0 Å². The van der Waals surface area contributed by atoms with Crippen molar-refractivity contribution < 1.29 is 69.2 Å². The molecule has 0 aliphatic carbocycles. The summed E-state index contributed by atoms with van der Waals surface area (Å²) in [7, 11) is 1.46. The number of thioether (sulfide) groups is 1. The maximum atomic E-state index is 12.8. The van der Waals surface area contributed by atoms with Crippen LogP contribution >= 0.6 is 11.8 Å². The van der Waals surface area contributed by atoms with Crippen molar-refractivity contribution in [3.8, 4) is 0 Å². The van der Waals surface area contributed by atoms with Gasteiger partial charge >= 0.3 is 27.0 Å². The molecule has 4 N–H and O–H groups in total. The summed E-state index contributed by atoms with van der Waals surface area (Å²) in [6.45, 7) is 20.0. The number of rotatable bonds is 25. The predicted molar refractivity (Wildman–Crippen MR) is 201 cm³/mol. The minimum Gasteiger partial charge on any atom is -0.481 e. The van der Waals surface area contributed by atoms with Crippen LogP contribution in [0.5, 0.6) is 0 Å². The zero-order chi connectivity index (χ0) is 40.3. The number of likely N-dealkylation sites (tertiary alicyclic amines) is 1. The van der Waals surface area contributed by atoms with E-state index in [1.165, 1.54) is 29.7 Å². The van der Waals surface area contributed by atoms with Crippen LogP contribution in [0.15, 0.2) is 0 Å². The van der Waals surface area contributed by atoms with Crippen molar-refractivity contribution in [2.75, 3.05) is 39.6 Å². The predicted octanol–water partition coefficient (Wildman–Crippen LogP) is 3.44. The number of methoxy groups -OCH3 is 1. The smallest absolute Gasteiger partial charge is 0.481 e. The van der Waals surface area contributed by atoms with Crippen molar-refractivity contribution in [1.82, 2.24) is 20.9 Å². The number of ketones is 2. The molecule has 0 radical (unpaired) electrons. The number of ether oxygens (including phenoxy) is 2. The van der Waals surface area contributed by atoms with Crippen LogP contribution in [-0.2, 0) is 64.1 Å². The molecule has 1 fully saturated rings. The van der Waals surface area contributed by atoms with Gasteiger partial charge in [0, 0.05) is 63.9 Å². The van der Waals surface area contributed by atoms with E-state index in [4.69, 9.17) is 14.6 Å². The Balaban J connectivity index is 0. The molecule has 0 bridgehead atoms. The molecule has 1 aliphatic heterocycles. The van der Waals surface area contributed by atoms with Crippen LogP contribution in [0.4, 0.5) is 0 Å². The molecule has 1 rings (SSSR count). The third kappa shape index (κ3) is 22.0. The molecule has 53 heavy (non-hydrogen) atoms. The van der Waals surface area contributed by atoms with E-state index >= 15 is 0 Å². The molecule has 1 saturated heterocycles. The Hall–Kier alpha value is -2.32. The van der Waals surface area contributed by atoms with E-state index in [1.54, 1.807) is 27.7 Å². The fourth-order valence-electron chi connectivity index (χ4n) is 4.80. The van der Waals surface area contributed by atoms with Gasteiger partial charge in [-0.2, -0.15) is 32.0 Å². The van der Waals surface area contributed by atoms with Gasteiger partial charge < -0.3 is 42.9 Å². The first-order valence-electron chi connectivity index (χ1n) is 17.8. The van der Waals surface area contributed by atoms with Gasteiger partial charge in [0.15, 0.2) is 5.78 Å². The summed E-state index contributed by atoms with van der Waals surface area (Å²) in [5.74, 6) is -0.988. The van der Waals surface area contributed by atoms with Crippen molar-refractivity contribution >= 4 is 52.9 Å². The molecule has 0 saturated carbocycles. The van der Waals surface area contributed by atoms with Crippen molar-refractivity contribution in [2.24, 2.45) is 0 Å². The van der Waals surface area contributed by atoms with Crippen LogP contribution in [0.3, 0.4) is 0 Å². The van der Waals surface area contributed by atoms with Gasteiger partial charge in [-0.25, -0.2) is 0 Å². The van der Waals surface area contributed by atoms with Gasteiger partial charge in [0.25, 0.3) is 0 Å². The zero-order valence-electron chi connectivity index (χ0n) is 33.4. The summed E-state index contributed by atoms with van der Waals surface area (Å²) < 4.78 is 11.1. The summed E-state index contributed by atoms with van der Waals surface area (Å²) in [6.07, 6.45) is 5.30. The minimum absolute atomic E-state index is 0. The Morgan fingerprint density at radius 2 is 1.57 bits per heavy atom. The second-order valence-corrected chi connectivity index (χ2v) is 15.8. The van der Waals surface area contributed by atoms with Crippen LogP contribution in [0.1, 0.15) is 113 Å². The van der Waals surface area contributed by atoms with Gasteiger partial charge in [0.1, 0.15) is 5.60 Å². The molecule has 304 valence electrons. The summed E-state index contributed by atoms with van der Waals surface area (Å²) in [4.78, 5) is 83.3. The van der Waals surface area contributed by atoms with Crippen molar-refractivity contribution in [3.05, 3.63) is 12.8 Å². The van der Waals surface area contributed by atoms with Gasteiger partial charge in [0.2, 0.25) is 23.6 Å². The molecule has 4 amide bonds. The summed E-state index contributed by atoms with van der Waals surface area (Å²) in [6, 6.07) is -0.594. The third-order valence-electron chi connectivity index (χ3n) is 8.65. The fourth-order valence-corrected chi connectivity index (χ4v) is 5.43. The number of amides is 4. The number of nitrogens with one attached hydrogen (secondary N) is 3. The Labute approximate surface area is 335 Å². The number of carboxylic acid groups (broad SMARTS) is 1. The van der Waals surface area contributed by atoms with Crippen molar-refractivity contribution in [2.45, 2.75) is 141 Å². The third-order valence-corrected chi connectivity index (χ3v) is 9.59. The number of carbonyl (C=O) groups excluding carboxylic acids is 6. The first-order valence-corrected chi connectivity index (χ1v) is 19.1. The monoisotopic (exact) mass is 854 g/mol. The summed E-state index contributed by atoms with van der Waals surface area (Å²) in [5, 5.41) is 16.8.